The Bertz CT molecular complexity index is 1920. The van der Waals surface area contributed by atoms with Crippen LogP contribution in [0, 0.1) is 11.8 Å². The Labute approximate surface area is 339 Å². The molecule has 3 aromatic carbocycles. The Balaban J connectivity index is 1.41. The Hall–Kier alpha value is -5.83. The average Bonchev–Trinajstić information content (AvgIpc) is 3.64. The summed E-state index contributed by atoms with van der Waals surface area (Å²) in [6, 6.07) is 18.2. The SMILES string of the molecule is CCCC(NC(=O)[C@@H]1C[C@@H](OCc2ccccc2)CN1C(=O)C(NC(=O)OCC(C)C)C(C)C)C(=O)C(=O)NCC(=O)NC(Cc1ccc2ccccc2c1)C(N)=O. The van der Waals surface area contributed by atoms with Gasteiger partial charge in [0, 0.05) is 19.4 Å². The van der Waals surface area contributed by atoms with E-state index < -0.39 is 78.2 Å². The lowest BCUT2D eigenvalue weighted by Gasteiger charge is -2.31. The molecule has 0 aliphatic carbocycles. The lowest BCUT2D eigenvalue weighted by molar-refractivity contribution is -0.143. The number of ketones is 1. The van der Waals surface area contributed by atoms with Crippen molar-refractivity contribution in [2.24, 2.45) is 17.6 Å². The number of hydrogen-bond acceptors (Lipinski definition) is 9. The van der Waals surface area contributed by atoms with Crippen LogP contribution in [0.2, 0.25) is 0 Å². The molecule has 0 spiro atoms. The second-order valence-corrected chi connectivity index (χ2v) is 15.3. The third-order valence-electron chi connectivity index (χ3n) is 9.71. The molecule has 1 fully saturated rings. The number of rotatable bonds is 20. The van der Waals surface area contributed by atoms with Crippen LogP contribution in [0.4, 0.5) is 4.79 Å². The summed E-state index contributed by atoms with van der Waals surface area (Å²) < 4.78 is 11.4. The lowest BCUT2D eigenvalue weighted by Crippen LogP contribution is -2.57. The first-order valence-corrected chi connectivity index (χ1v) is 19.7. The number of alkyl carbamates (subject to hydrolysis) is 1. The monoisotopic (exact) mass is 800 g/mol. The van der Waals surface area contributed by atoms with Gasteiger partial charge in [0.2, 0.25) is 29.4 Å². The van der Waals surface area contributed by atoms with Gasteiger partial charge in [0.15, 0.2) is 0 Å². The highest BCUT2D eigenvalue weighted by Crippen LogP contribution is 2.25. The smallest absolute Gasteiger partial charge is 0.407 e. The Morgan fingerprint density at radius 1 is 0.828 bits per heavy atom. The summed E-state index contributed by atoms with van der Waals surface area (Å²) in [5.74, 6) is -5.14. The number of likely N-dealkylation sites (tertiary alicyclic amines) is 1. The van der Waals surface area contributed by atoms with E-state index in [4.69, 9.17) is 15.2 Å². The first-order chi connectivity index (χ1) is 27.7. The molecular weight excluding hydrogens is 745 g/mol. The molecule has 0 bridgehead atoms. The molecule has 58 heavy (non-hydrogen) atoms. The minimum Gasteiger partial charge on any atom is -0.449 e. The van der Waals surface area contributed by atoms with Gasteiger partial charge in [0.05, 0.1) is 31.9 Å². The number of nitrogens with one attached hydrogen (secondary N) is 4. The molecule has 15 nitrogen and oxygen atoms in total. The van der Waals surface area contributed by atoms with Crippen LogP contribution in [-0.4, -0.2) is 96.3 Å². The van der Waals surface area contributed by atoms with Crippen LogP contribution in [0.5, 0.6) is 0 Å². The molecule has 6 N–H and O–H groups in total. The maximum Gasteiger partial charge on any atom is 0.407 e. The van der Waals surface area contributed by atoms with Gasteiger partial charge in [-0.2, -0.15) is 0 Å². The largest absolute Gasteiger partial charge is 0.449 e. The number of carbonyl (C=O) groups excluding carboxylic acids is 7. The molecule has 312 valence electrons. The van der Waals surface area contributed by atoms with Gasteiger partial charge in [0.25, 0.3) is 5.91 Å². The number of ether oxygens (including phenoxy) is 2. The maximum absolute atomic E-state index is 14.1. The fourth-order valence-electron chi connectivity index (χ4n) is 6.60. The van der Waals surface area contributed by atoms with Crippen molar-refractivity contribution in [1.29, 1.82) is 0 Å². The van der Waals surface area contributed by atoms with Crippen molar-refractivity contribution < 1.29 is 43.0 Å². The summed E-state index contributed by atoms with van der Waals surface area (Å²) in [6.45, 7) is 8.83. The predicted octanol–water partition coefficient (Wildman–Crippen LogP) is 2.92. The van der Waals surface area contributed by atoms with Gasteiger partial charge < -0.3 is 41.4 Å². The zero-order chi connectivity index (χ0) is 42.4. The first kappa shape index (κ1) is 44.9. The van der Waals surface area contributed by atoms with Crippen molar-refractivity contribution in [2.75, 3.05) is 19.7 Å². The van der Waals surface area contributed by atoms with Crippen LogP contribution in [0.15, 0.2) is 72.8 Å². The number of hydrogen-bond donors (Lipinski definition) is 5. The number of nitrogens with two attached hydrogens (primary N) is 1. The highest BCUT2D eigenvalue weighted by Gasteiger charge is 2.44. The van der Waals surface area contributed by atoms with Crippen molar-refractivity contribution in [3.8, 4) is 0 Å². The third-order valence-corrected chi connectivity index (χ3v) is 9.71. The van der Waals surface area contributed by atoms with Gasteiger partial charge in [-0.15, -0.1) is 0 Å². The normalized spacial score (nSPS) is 16.6. The summed E-state index contributed by atoms with van der Waals surface area (Å²) in [7, 11) is 0. The number of benzene rings is 3. The number of Topliss-reactive ketones (excluding diaryl/α,β-unsaturated/α-hetero) is 1. The lowest BCUT2D eigenvalue weighted by atomic mass is 10.0. The van der Waals surface area contributed by atoms with Crippen molar-refractivity contribution >= 4 is 52.2 Å². The van der Waals surface area contributed by atoms with Crippen molar-refractivity contribution in [3.05, 3.63) is 83.9 Å². The summed E-state index contributed by atoms with van der Waals surface area (Å²) in [5.41, 5.74) is 7.24. The minimum atomic E-state index is -1.28. The van der Waals surface area contributed by atoms with Crippen LogP contribution >= 0.6 is 0 Å². The van der Waals surface area contributed by atoms with Gasteiger partial charge >= 0.3 is 6.09 Å². The van der Waals surface area contributed by atoms with E-state index in [9.17, 15) is 33.6 Å². The molecule has 6 amide bonds. The van der Waals surface area contributed by atoms with E-state index in [1.807, 2.05) is 86.6 Å². The van der Waals surface area contributed by atoms with Gasteiger partial charge in [-0.3, -0.25) is 28.8 Å². The van der Waals surface area contributed by atoms with Gasteiger partial charge in [0.1, 0.15) is 18.1 Å². The van der Waals surface area contributed by atoms with E-state index >= 15 is 0 Å². The molecule has 3 aromatic rings. The molecule has 0 aromatic heterocycles. The average molecular weight is 801 g/mol. The van der Waals surface area contributed by atoms with Crippen LogP contribution in [0.1, 0.15) is 65.0 Å². The van der Waals surface area contributed by atoms with Gasteiger partial charge in [-0.25, -0.2) is 4.79 Å². The van der Waals surface area contributed by atoms with Crippen molar-refractivity contribution in [2.45, 2.75) is 97.2 Å². The third kappa shape index (κ3) is 13.1. The van der Waals surface area contributed by atoms with E-state index in [1.165, 1.54) is 4.90 Å². The molecule has 3 unspecified atom stereocenters. The number of primary amides is 1. The summed E-state index contributed by atoms with van der Waals surface area (Å²) in [6.07, 6.45) is -0.625. The van der Waals surface area contributed by atoms with Crippen molar-refractivity contribution in [3.63, 3.8) is 0 Å². The van der Waals surface area contributed by atoms with Gasteiger partial charge in [-0.1, -0.05) is 114 Å². The van der Waals surface area contributed by atoms with Crippen LogP contribution in [-0.2, 0) is 51.3 Å². The number of nitrogens with zero attached hydrogens (tertiary/aromatic N) is 1. The summed E-state index contributed by atoms with van der Waals surface area (Å²) >= 11 is 0. The second kappa shape index (κ2) is 21.6. The Kier molecular flexibility index (Phi) is 16.7. The zero-order valence-electron chi connectivity index (χ0n) is 33.8. The summed E-state index contributed by atoms with van der Waals surface area (Å²) in [4.78, 5) is 93.7. The first-order valence-electron chi connectivity index (χ1n) is 19.7. The molecular formula is C43H56N6O9. The van der Waals surface area contributed by atoms with Crippen LogP contribution in [0.25, 0.3) is 10.8 Å². The fourth-order valence-corrected chi connectivity index (χ4v) is 6.60. The van der Waals surface area contributed by atoms with E-state index in [-0.39, 0.29) is 50.9 Å². The molecule has 15 heteroatoms. The quantitative estimate of drug-likeness (QED) is 0.106. The molecule has 1 heterocycles. The van der Waals surface area contributed by atoms with E-state index in [1.54, 1.807) is 20.8 Å². The summed E-state index contributed by atoms with van der Waals surface area (Å²) in [5, 5.41) is 12.1. The number of amides is 6. The molecule has 5 atom stereocenters. The van der Waals surface area contributed by atoms with Crippen LogP contribution < -0.4 is 27.0 Å². The van der Waals surface area contributed by atoms with E-state index in [0.717, 1.165) is 21.9 Å². The van der Waals surface area contributed by atoms with E-state index in [0.29, 0.717) is 6.42 Å². The topological polar surface area (TPSA) is 215 Å². The highest BCUT2D eigenvalue weighted by atomic mass is 16.5. The molecule has 1 saturated heterocycles. The number of fused-ring (bicyclic) bond motifs is 1. The maximum atomic E-state index is 14.1. The van der Waals surface area contributed by atoms with Crippen molar-refractivity contribution in [1.82, 2.24) is 26.2 Å². The Morgan fingerprint density at radius 3 is 2.17 bits per heavy atom. The van der Waals surface area contributed by atoms with E-state index in [2.05, 4.69) is 21.3 Å². The molecule has 4 rings (SSSR count). The van der Waals surface area contributed by atoms with Gasteiger partial charge in [-0.05, 0) is 40.2 Å². The highest BCUT2D eigenvalue weighted by molar-refractivity contribution is 6.38. The minimum absolute atomic E-state index is 0.0326. The standard InChI is InChI=1S/C43H56N6O9/c1-6-12-33(38(51)41(54)45-22-36(50)46-34(39(44)52)20-29-17-18-30-15-10-11-16-31(30)19-29)47-40(53)35-21-32(57-25-28-13-8-7-9-14-28)23-49(35)42(55)37(27(4)5)48-43(56)58-24-26(2)3/h7-11,13-19,26-27,32-35,37H,6,12,20-25H2,1-5H3,(H2,44,52)(H,45,54)(H,46,50)(H,47,53)(H,48,56)/t32-,33?,34?,35+,37?/m1/s1. The predicted molar refractivity (Wildman–Crippen MR) is 217 cm³/mol. The number of carbonyl (C=O) groups is 7. The second-order valence-electron chi connectivity index (χ2n) is 15.3. The fraction of sp³-hybridized carbons (Fsp3) is 0.465. The Morgan fingerprint density at radius 2 is 1.52 bits per heavy atom. The molecule has 0 radical (unpaired) electrons. The van der Waals surface area contributed by atoms with Crippen LogP contribution in [0.3, 0.4) is 0 Å². The molecule has 0 saturated carbocycles. The zero-order valence-corrected chi connectivity index (χ0v) is 33.8. The molecule has 1 aliphatic rings. The molecule has 1 aliphatic heterocycles.